The van der Waals surface area contributed by atoms with Crippen LogP contribution in [-0.4, -0.2) is 41.7 Å². The molecule has 7 nitrogen and oxygen atoms in total. The Hall–Kier alpha value is -3.83. The highest BCUT2D eigenvalue weighted by atomic mass is 19.4. The van der Waals surface area contributed by atoms with E-state index in [1.165, 1.54) is 0 Å². The molecule has 0 aromatic heterocycles. The lowest BCUT2D eigenvalue weighted by atomic mass is 9.72. The van der Waals surface area contributed by atoms with Crippen molar-refractivity contribution in [2.45, 2.75) is 69.1 Å². The van der Waals surface area contributed by atoms with Gasteiger partial charge in [0.15, 0.2) is 0 Å². The summed E-state index contributed by atoms with van der Waals surface area (Å²) in [6.45, 7) is 0. The zero-order valence-electron chi connectivity index (χ0n) is 22.6. The van der Waals surface area contributed by atoms with Crippen molar-refractivity contribution in [2.75, 3.05) is 5.32 Å². The van der Waals surface area contributed by atoms with Crippen LogP contribution in [0.1, 0.15) is 67.6 Å². The summed E-state index contributed by atoms with van der Waals surface area (Å²) in [5.41, 5.74) is 8.66. The van der Waals surface area contributed by atoms with E-state index in [-0.39, 0.29) is 12.3 Å². The number of benzodiazepines with no additional fused rings is 1. The third-order valence-electron chi connectivity index (χ3n) is 8.14. The predicted molar refractivity (Wildman–Crippen MR) is 145 cm³/mol. The van der Waals surface area contributed by atoms with Crippen molar-refractivity contribution < 1.29 is 36.3 Å². The first-order chi connectivity index (χ1) is 19.8. The monoisotopic (exact) mass is 590 g/mol. The van der Waals surface area contributed by atoms with E-state index in [1.807, 2.05) is 12.1 Å². The van der Waals surface area contributed by atoms with Gasteiger partial charge in [0.1, 0.15) is 0 Å². The normalized spacial score (nSPS) is 21.6. The van der Waals surface area contributed by atoms with Crippen LogP contribution < -0.4 is 16.4 Å². The molecule has 5 rings (SSSR count). The van der Waals surface area contributed by atoms with Gasteiger partial charge in [-0.3, -0.25) is 14.4 Å². The first-order valence-corrected chi connectivity index (χ1v) is 13.9. The van der Waals surface area contributed by atoms with Gasteiger partial charge in [-0.05, 0) is 43.1 Å². The van der Waals surface area contributed by atoms with Crippen LogP contribution in [0.3, 0.4) is 0 Å². The number of anilines is 1. The molecule has 12 heteroatoms. The molecule has 0 spiro atoms. The second kappa shape index (κ2) is 11.4. The molecule has 2 fully saturated rings. The van der Waals surface area contributed by atoms with Crippen LogP contribution in [0.5, 0.6) is 0 Å². The molecule has 0 saturated heterocycles. The number of benzene rings is 2. The van der Waals surface area contributed by atoms with Crippen molar-refractivity contribution in [1.82, 2.24) is 5.32 Å². The van der Waals surface area contributed by atoms with E-state index >= 15 is 0 Å². The molecule has 3 amide bonds. The summed E-state index contributed by atoms with van der Waals surface area (Å²) in [4.78, 5) is 44.0. The molecule has 1 heterocycles. The smallest absolute Gasteiger partial charge is 0.369 e. The number of carbonyl (C=O) groups is 3. The van der Waals surface area contributed by atoms with Crippen molar-refractivity contribution in [3.63, 3.8) is 0 Å². The van der Waals surface area contributed by atoms with E-state index < -0.39 is 79.4 Å². The van der Waals surface area contributed by atoms with Crippen LogP contribution in [0, 0.1) is 17.8 Å². The molecule has 2 saturated carbocycles. The van der Waals surface area contributed by atoms with Crippen molar-refractivity contribution in [2.24, 2.45) is 28.5 Å². The average molecular weight is 591 g/mol. The number of nitrogens with one attached hydrogen (secondary N) is 2. The maximum absolute atomic E-state index is 13.6. The summed E-state index contributed by atoms with van der Waals surface area (Å²) in [5, 5.41) is 5.29. The lowest BCUT2D eigenvalue weighted by Gasteiger charge is -2.38. The number of alkyl halides is 5. The zero-order chi connectivity index (χ0) is 30.2. The molecule has 0 bridgehead atoms. The van der Waals surface area contributed by atoms with Gasteiger partial charge in [0.05, 0.1) is 11.4 Å². The molecule has 1 aliphatic heterocycles. The number of amides is 3. The molecule has 0 radical (unpaired) electrons. The third-order valence-corrected chi connectivity index (χ3v) is 8.14. The molecular formula is C30H31F5N4O3. The fourth-order valence-electron chi connectivity index (χ4n) is 5.88. The molecule has 3 atom stereocenters. The minimum Gasteiger partial charge on any atom is -0.369 e. The number of aliphatic imine (C=N–C) groups is 1. The number of para-hydroxylation sites is 1. The lowest BCUT2D eigenvalue weighted by molar-refractivity contribution is -0.149. The molecule has 2 aromatic rings. The van der Waals surface area contributed by atoms with Crippen LogP contribution >= 0.6 is 0 Å². The van der Waals surface area contributed by atoms with E-state index in [9.17, 15) is 36.3 Å². The van der Waals surface area contributed by atoms with Gasteiger partial charge in [0.2, 0.25) is 23.9 Å². The van der Waals surface area contributed by atoms with E-state index in [0.717, 1.165) is 18.4 Å². The highest BCUT2D eigenvalue weighted by Gasteiger charge is 2.48. The van der Waals surface area contributed by atoms with Gasteiger partial charge < -0.3 is 16.4 Å². The van der Waals surface area contributed by atoms with E-state index in [1.54, 1.807) is 36.4 Å². The Morgan fingerprint density at radius 1 is 1.05 bits per heavy atom. The minimum absolute atomic E-state index is 0.255. The van der Waals surface area contributed by atoms with Gasteiger partial charge in [0.25, 0.3) is 5.91 Å². The Morgan fingerprint density at radius 2 is 1.74 bits per heavy atom. The van der Waals surface area contributed by atoms with Crippen molar-refractivity contribution in [1.29, 1.82) is 0 Å². The van der Waals surface area contributed by atoms with E-state index in [2.05, 4.69) is 15.6 Å². The number of carbonyl (C=O) groups excluding carboxylic acids is 3. The fraction of sp³-hybridized carbons (Fsp3) is 0.467. The van der Waals surface area contributed by atoms with Gasteiger partial charge in [0, 0.05) is 42.2 Å². The maximum Gasteiger partial charge on any atom is 0.389 e. The number of primary amides is 1. The van der Waals surface area contributed by atoms with Gasteiger partial charge >= 0.3 is 6.18 Å². The molecule has 42 heavy (non-hydrogen) atoms. The second-order valence-corrected chi connectivity index (χ2v) is 11.4. The number of rotatable bonds is 10. The van der Waals surface area contributed by atoms with Crippen LogP contribution in [-0.2, 0) is 14.4 Å². The molecule has 0 unspecified atom stereocenters. The molecule has 3 aliphatic rings. The SMILES string of the molecule is NC(=O)[C@@H](CC1CC(F)(F)C1)[C@@H](CCC(F)(F)F)C(=O)N[C@H]1N=C(c2ccccc2)c2cccc(C3CC3)c2NC1=O. The van der Waals surface area contributed by atoms with Gasteiger partial charge in [-0.25, -0.2) is 13.8 Å². The standard InChI is InChI=1S/C30H31F5N4O3/c31-29(32)14-16(15-29)13-22(25(36)40)20(11-12-30(33,34)35)27(41)39-26-28(42)38-24-19(17-9-10-17)7-4-8-21(24)23(37-26)18-5-2-1-3-6-18/h1-8,16-17,20,22,26H,9-15H2,(H2,36,40)(H,38,42)(H,39,41)/t20-,22+,26-/m1/s1. The van der Waals surface area contributed by atoms with Crippen LogP contribution in [0.4, 0.5) is 27.6 Å². The first-order valence-electron chi connectivity index (χ1n) is 13.9. The Bertz CT molecular complexity index is 1380. The summed E-state index contributed by atoms with van der Waals surface area (Å²) in [7, 11) is 0. The maximum atomic E-state index is 13.6. The summed E-state index contributed by atoms with van der Waals surface area (Å²) in [6.07, 6.45) is -7.83. The number of nitrogens with two attached hydrogens (primary N) is 1. The Morgan fingerprint density at radius 3 is 2.33 bits per heavy atom. The van der Waals surface area contributed by atoms with E-state index in [4.69, 9.17) is 5.73 Å². The van der Waals surface area contributed by atoms with E-state index in [0.29, 0.717) is 22.5 Å². The van der Waals surface area contributed by atoms with Crippen LogP contribution in [0.25, 0.3) is 0 Å². The Kier molecular flexibility index (Phi) is 8.08. The zero-order valence-corrected chi connectivity index (χ0v) is 22.6. The van der Waals surface area contributed by atoms with Gasteiger partial charge in [-0.1, -0.05) is 48.5 Å². The number of hydrogen-bond acceptors (Lipinski definition) is 4. The molecule has 2 aromatic carbocycles. The lowest BCUT2D eigenvalue weighted by Crippen LogP contribution is -2.49. The number of halogens is 5. The summed E-state index contributed by atoms with van der Waals surface area (Å²) < 4.78 is 66.6. The average Bonchev–Trinajstić information content (AvgIpc) is 3.75. The number of hydrogen-bond donors (Lipinski definition) is 3. The highest BCUT2D eigenvalue weighted by Crippen LogP contribution is 2.47. The third kappa shape index (κ3) is 6.79. The first kappa shape index (κ1) is 29.7. The second-order valence-electron chi connectivity index (χ2n) is 11.4. The van der Waals surface area contributed by atoms with Crippen LogP contribution in [0.15, 0.2) is 53.5 Å². The number of nitrogens with zero attached hydrogens (tertiary/aromatic N) is 1. The van der Waals surface area contributed by atoms with Gasteiger partial charge in [-0.2, -0.15) is 13.2 Å². The van der Waals surface area contributed by atoms with Crippen molar-refractivity contribution in [3.05, 3.63) is 65.2 Å². The molecule has 224 valence electrons. The summed E-state index contributed by atoms with van der Waals surface area (Å²) >= 11 is 0. The minimum atomic E-state index is -4.65. The van der Waals surface area contributed by atoms with Crippen LogP contribution in [0.2, 0.25) is 0 Å². The Balaban J connectivity index is 1.46. The van der Waals surface area contributed by atoms with Crippen molar-refractivity contribution in [3.8, 4) is 0 Å². The summed E-state index contributed by atoms with van der Waals surface area (Å²) in [6, 6.07) is 14.5. The fourth-order valence-corrected chi connectivity index (χ4v) is 5.88. The number of fused-ring (bicyclic) bond motifs is 1. The Labute approximate surface area is 239 Å². The van der Waals surface area contributed by atoms with Crippen molar-refractivity contribution >= 4 is 29.1 Å². The molecule has 2 aliphatic carbocycles. The van der Waals surface area contributed by atoms with Gasteiger partial charge in [-0.15, -0.1) is 0 Å². The quantitative estimate of drug-likeness (QED) is 0.327. The largest absolute Gasteiger partial charge is 0.389 e. The molecule has 4 N–H and O–H groups in total. The highest BCUT2D eigenvalue weighted by molar-refractivity contribution is 6.20. The summed E-state index contributed by atoms with van der Waals surface area (Å²) in [5.74, 6) is -9.17. The predicted octanol–water partition coefficient (Wildman–Crippen LogP) is 5.29. The molecular weight excluding hydrogens is 559 g/mol. The topological polar surface area (TPSA) is 114 Å².